The molecule has 0 saturated carbocycles. The number of halogens is 1. The highest BCUT2D eigenvalue weighted by molar-refractivity contribution is 5.69. The number of hydrogen-bond donors (Lipinski definition) is 0. The molecule has 0 aromatic heterocycles. The molecule has 1 rings (SSSR count). The van der Waals surface area contributed by atoms with Crippen molar-refractivity contribution < 1.29 is 13.9 Å². The van der Waals surface area contributed by atoms with Crippen LogP contribution in [0.1, 0.15) is 38.4 Å². The van der Waals surface area contributed by atoms with Gasteiger partial charge in [0.15, 0.2) is 0 Å². The highest BCUT2D eigenvalue weighted by Gasteiger charge is 2.13. The van der Waals surface area contributed by atoms with E-state index in [4.69, 9.17) is 4.74 Å². The predicted molar refractivity (Wildman–Crippen MR) is 55.8 cm³/mol. The Morgan fingerprint density at radius 2 is 1.93 bits per heavy atom. The average molecular weight is 210 g/mol. The standard InChI is InChI=1S/C12H15FO2/c1-3-11(15-12(14)4-2)9-5-7-10(13)8-6-9/h5-8,11H,3-4H2,1-2H3. The first-order valence-electron chi connectivity index (χ1n) is 5.12. The van der Waals surface area contributed by atoms with Crippen LogP contribution < -0.4 is 0 Å². The van der Waals surface area contributed by atoms with Crippen molar-refractivity contribution in [3.63, 3.8) is 0 Å². The van der Waals surface area contributed by atoms with E-state index in [-0.39, 0.29) is 17.9 Å². The summed E-state index contributed by atoms with van der Waals surface area (Å²) in [5, 5.41) is 0. The van der Waals surface area contributed by atoms with E-state index in [1.165, 1.54) is 12.1 Å². The van der Waals surface area contributed by atoms with Crippen LogP contribution in [0.3, 0.4) is 0 Å². The maximum atomic E-state index is 12.7. The van der Waals surface area contributed by atoms with E-state index in [0.29, 0.717) is 12.8 Å². The van der Waals surface area contributed by atoms with Crippen molar-refractivity contribution >= 4 is 5.97 Å². The number of benzene rings is 1. The quantitative estimate of drug-likeness (QED) is 0.713. The summed E-state index contributed by atoms with van der Waals surface area (Å²) in [7, 11) is 0. The summed E-state index contributed by atoms with van der Waals surface area (Å²) in [6.07, 6.45) is 0.785. The Morgan fingerprint density at radius 1 is 1.33 bits per heavy atom. The van der Waals surface area contributed by atoms with Crippen molar-refractivity contribution in [2.45, 2.75) is 32.8 Å². The SMILES string of the molecule is CCC(=O)OC(CC)c1ccc(F)cc1. The molecule has 1 atom stereocenters. The summed E-state index contributed by atoms with van der Waals surface area (Å²) in [6, 6.07) is 6.04. The Balaban J connectivity index is 2.74. The molecule has 82 valence electrons. The summed E-state index contributed by atoms with van der Waals surface area (Å²) in [4.78, 5) is 11.1. The van der Waals surface area contributed by atoms with Crippen LogP contribution in [-0.2, 0) is 9.53 Å². The lowest BCUT2D eigenvalue weighted by atomic mass is 10.1. The number of rotatable bonds is 4. The van der Waals surface area contributed by atoms with Gasteiger partial charge in [-0.15, -0.1) is 0 Å². The van der Waals surface area contributed by atoms with E-state index >= 15 is 0 Å². The van der Waals surface area contributed by atoms with E-state index in [1.54, 1.807) is 19.1 Å². The van der Waals surface area contributed by atoms with Gasteiger partial charge in [0.2, 0.25) is 0 Å². The molecular formula is C12H15FO2. The van der Waals surface area contributed by atoms with Crippen LogP contribution in [-0.4, -0.2) is 5.97 Å². The molecule has 0 amide bonds. The second-order valence-corrected chi connectivity index (χ2v) is 3.29. The van der Waals surface area contributed by atoms with Gasteiger partial charge in [-0.1, -0.05) is 26.0 Å². The Bertz CT molecular complexity index is 319. The predicted octanol–water partition coefficient (Wildman–Crippen LogP) is 3.23. The number of esters is 1. The molecule has 0 fully saturated rings. The second kappa shape index (κ2) is 5.49. The van der Waals surface area contributed by atoms with Crippen molar-refractivity contribution in [2.75, 3.05) is 0 Å². The molecular weight excluding hydrogens is 195 g/mol. The zero-order chi connectivity index (χ0) is 11.3. The molecule has 1 aromatic rings. The summed E-state index contributed by atoms with van der Waals surface area (Å²) in [6.45, 7) is 3.68. The van der Waals surface area contributed by atoms with E-state index in [2.05, 4.69) is 0 Å². The van der Waals surface area contributed by atoms with Gasteiger partial charge >= 0.3 is 5.97 Å². The zero-order valence-corrected chi connectivity index (χ0v) is 9.00. The molecule has 3 heteroatoms. The maximum Gasteiger partial charge on any atom is 0.306 e. The maximum absolute atomic E-state index is 12.7. The fourth-order valence-electron chi connectivity index (χ4n) is 1.31. The van der Waals surface area contributed by atoms with Gasteiger partial charge in [0.1, 0.15) is 11.9 Å². The Morgan fingerprint density at radius 3 is 2.40 bits per heavy atom. The molecule has 0 saturated heterocycles. The lowest BCUT2D eigenvalue weighted by Crippen LogP contribution is -2.09. The fourth-order valence-corrected chi connectivity index (χ4v) is 1.31. The first kappa shape index (κ1) is 11.7. The lowest BCUT2D eigenvalue weighted by Gasteiger charge is -2.15. The molecule has 0 aliphatic carbocycles. The van der Waals surface area contributed by atoms with Gasteiger partial charge in [0, 0.05) is 6.42 Å². The minimum atomic E-state index is -0.282. The number of carbonyl (C=O) groups excluding carboxylic acids is 1. The van der Waals surface area contributed by atoms with Gasteiger partial charge in [-0.2, -0.15) is 0 Å². The zero-order valence-electron chi connectivity index (χ0n) is 9.00. The molecule has 0 N–H and O–H groups in total. The molecule has 2 nitrogen and oxygen atoms in total. The van der Waals surface area contributed by atoms with Crippen LogP contribution in [0, 0.1) is 5.82 Å². The van der Waals surface area contributed by atoms with Crippen molar-refractivity contribution in [3.05, 3.63) is 35.6 Å². The van der Waals surface area contributed by atoms with Crippen LogP contribution in [0.4, 0.5) is 4.39 Å². The smallest absolute Gasteiger partial charge is 0.306 e. The van der Waals surface area contributed by atoms with Gasteiger partial charge < -0.3 is 4.74 Å². The number of carbonyl (C=O) groups is 1. The van der Waals surface area contributed by atoms with Crippen molar-refractivity contribution in [1.29, 1.82) is 0 Å². The molecule has 15 heavy (non-hydrogen) atoms. The highest BCUT2D eigenvalue weighted by Crippen LogP contribution is 2.21. The van der Waals surface area contributed by atoms with Crippen LogP contribution in [0.2, 0.25) is 0 Å². The highest BCUT2D eigenvalue weighted by atomic mass is 19.1. The first-order chi connectivity index (χ1) is 7.17. The van der Waals surface area contributed by atoms with Crippen LogP contribution >= 0.6 is 0 Å². The topological polar surface area (TPSA) is 26.3 Å². The van der Waals surface area contributed by atoms with E-state index in [1.807, 2.05) is 6.92 Å². The van der Waals surface area contributed by atoms with Gasteiger partial charge in [0.05, 0.1) is 0 Å². The van der Waals surface area contributed by atoms with Crippen LogP contribution in [0.5, 0.6) is 0 Å². The average Bonchev–Trinajstić information content (AvgIpc) is 2.27. The van der Waals surface area contributed by atoms with Crippen molar-refractivity contribution in [3.8, 4) is 0 Å². The summed E-state index contributed by atoms with van der Waals surface area (Å²) in [5.74, 6) is -0.512. The van der Waals surface area contributed by atoms with Crippen LogP contribution in [0.15, 0.2) is 24.3 Å². The fraction of sp³-hybridized carbons (Fsp3) is 0.417. The largest absolute Gasteiger partial charge is 0.457 e. The molecule has 1 unspecified atom stereocenters. The number of hydrogen-bond acceptors (Lipinski definition) is 2. The normalized spacial score (nSPS) is 12.2. The Hall–Kier alpha value is -1.38. The molecule has 0 radical (unpaired) electrons. The monoisotopic (exact) mass is 210 g/mol. The molecule has 1 aromatic carbocycles. The van der Waals surface area contributed by atoms with Gasteiger partial charge in [-0.05, 0) is 24.1 Å². The molecule has 0 bridgehead atoms. The number of ether oxygens (including phenoxy) is 1. The summed E-state index contributed by atoms with van der Waals surface area (Å²) in [5.41, 5.74) is 0.834. The molecule has 0 spiro atoms. The third-order valence-electron chi connectivity index (χ3n) is 2.17. The van der Waals surface area contributed by atoms with Gasteiger partial charge in [-0.3, -0.25) is 4.79 Å². The molecule has 0 aliphatic rings. The molecule has 0 heterocycles. The summed E-state index contributed by atoms with van der Waals surface area (Å²) >= 11 is 0. The van der Waals surface area contributed by atoms with Gasteiger partial charge in [-0.25, -0.2) is 4.39 Å². The Labute approximate surface area is 89.1 Å². The van der Waals surface area contributed by atoms with Crippen LogP contribution in [0.25, 0.3) is 0 Å². The van der Waals surface area contributed by atoms with E-state index in [0.717, 1.165) is 5.56 Å². The first-order valence-corrected chi connectivity index (χ1v) is 5.12. The van der Waals surface area contributed by atoms with Crippen molar-refractivity contribution in [1.82, 2.24) is 0 Å². The van der Waals surface area contributed by atoms with Gasteiger partial charge in [0.25, 0.3) is 0 Å². The summed E-state index contributed by atoms with van der Waals surface area (Å²) < 4.78 is 17.9. The minimum absolute atomic E-state index is 0.230. The second-order valence-electron chi connectivity index (χ2n) is 3.29. The third kappa shape index (κ3) is 3.35. The third-order valence-corrected chi connectivity index (χ3v) is 2.17. The Kier molecular flexibility index (Phi) is 4.28. The van der Waals surface area contributed by atoms with E-state index in [9.17, 15) is 9.18 Å². The molecule has 0 aliphatic heterocycles. The minimum Gasteiger partial charge on any atom is -0.457 e. The van der Waals surface area contributed by atoms with Crippen molar-refractivity contribution in [2.24, 2.45) is 0 Å². The lowest BCUT2D eigenvalue weighted by molar-refractivity contribution is -0.149. The van der Waals surface area contributed by atoms with E-state index < -0.39 is 0 Å².